The molecule has 0 aliphatic carbocycles. The van der Waals surface area contributed by atoms with Crippen LogP contribution in [-0.2, 0) is 9.53 Å². The standard InChI is InChI=1S/C16H19NO3/c1-3-17-15(16(18)19-2)11-20-14-9-8-12-6-4-5-7-13(12)10-14/h4-10,15,17H,3,11H2,1-2H3. The predicted octanol–water partition coefficient (Wildman–Crippen LogP) is 2.37. The van der Waals surface area contributed by atoms with Gasteiger partial charge in [-0.2, -0.15) is 0 Å². The smallest absolute Gasteiger partial charge is 0.326 e. The molecule has 0 saturated carbocycles. The van der Waals surface area contributed by atoms with Gasteiger partial charge in [0.25, 0.3) is 0 Å². The van der Waals surface area contributed by atoms with E-state index in [1.165, 1.54) is 7.11 Å². The SMILES string of the molecule is CCNC(COc1ccc2ccccc2c1)C(=O)OC. The molecule has 0 spiro atoms. The Labute approximate surface area is 118 Å². The molecule has 0 fully saturated rings. The summed E-state index contributed by atoms with van der Waals surface area (Å²) in [7, 11) is 1.38. The highest BCUT2D eigenvalue weighted by molar-refractivity contribution is 5.83. The number of ether oxygens (including phenoxy) is 2. The van der Waals surface area contributed by atoms with Crippen LogP contribution in [0.4, 0.5) is 0 Å². The number of likely N-dealkylation sites (N-methyl/N-ethyl adjacent to an activating group) is 1. The first kappa shape index (κ1) is 14.3. The minimum Gasteiger partial charge on any atom is -0.491 e. The molecule has 0 saturated heterocycles. The van der Waals surface area contributed by atoms with E-state index in [1.807, 2.05) is 43.3 Å². The average molecular weight is 273 g/mol. The van der Waals surface area contributed by atoms with Crippen LogP contribution < -0.4 is 10.1 Å². The summed E-state index contributed by atoms with van der Waals surface area (Å²) < 4.78 is 10.4. The maximum atomic E-state index is 11.6. The van der Waals surface area contributed by atoms with Crippen molar-refractivity contribution in [2.75, 3.05) is 20.3 Å². The lowest BCUT2D eigenvalue weighted by molar-refractivity contribution is -0.143. The molecule has 2 aromatic rings. The molecule has 0 bridgehead atoms. The molecule has 0 aliphatic rings. The minimum absolute atomic E-state index is 0.249. The van der Waals surface area contributed by atoms with E-state index in [0.717, 1.165) is 16.5 Å². The molecule has 0 radical (unpaired) electrons. The number of carbonyl (C=O) groups excluding carboxylic acids is 1. The number of rotatable bonds is 6. The topological polar surface area (TPSA) is 47.6 Å². The Hall–Kier alpha value is -2.07. The normalized spacial score (nSPS) is 12.1. The van der Waals surface area contributed by atoms with Crippen molar-refractivity contribution in [2.45, 2.75) is 13.0 Å². The Morgan fingerprint density at radius 1 is 1.20 bits per heavy atom. The van der Waals surface area contributed by atoms with Crippen LogP contribution in [0.5, 0.6) is 5.75 Å². The molecule has 4 heteroatoms. The molecule has 1 N–H and O–H groups in total. The van der Waals surface area contributed by atoms with E-state index in [4.69, 9.17) is 9.47 Å². The molecule has 4 nitrogen and oxygen atoms in total. The van der Waals surface area contributed by atoms with E-state index in [1.54, 1.807) is 0 Å². The molecule has 0 amide bonds. The van der Waals surface area contributed by atoms with Crippen molar-refractivity contribution in [1.82, 2.24) is 5.32 Å². The lowest BCUT2D eigenvalue weighted by atomic mass is 10.1. The highest BCUT2D eigenvalue weighted by atomic mass is 16.5. The fraction of sp³-hybridized carbons (Fsp3) is 0.312. The summed E-state index contributed by atoms with van der Waals surface area (Å²) in [5.74, 6) is 0.433. The van der Waals surface area contributed by atoms with Crippen molar-refractivity contribution in [3.8, 4) is 5.75 Å². The van der Waals surface area contributed by atoms with Crippen molar-refractivity contribution in [2.24, 2.45) is 0 Å². The number of nitrogens with one attached hydrogen (secondary N) is 1. The van der Waals surface area contributed by atoms with Gasteiger partial charge in [-0.05, 0) is 29.4 Å². The van der Waals surface area contributed by atoms with E-state index < -0.39 is 6.04 Å². The zero-order chi connectivity index (χ0) is 14.4. The third-order valence-electron chi connectivity index (χ3n) is 3.07. The van der Waals surface area contributed by atoms with Gasteiger partial charge in [-0.25, -0.2) is 0 Å². The van der Waals surface area contributed by atoms with E-state index in [-0.39, 0.29) is 12.6 Å². The minimum atomic E-state index is -0.448. The molecule has 2 aromatic carbocycles. The van der Waals surface area contributed by atoms with E-state index >= 15 is 0 Å². The first-order valence-corrected chi connectivity index (χ1v) is 6.67. The molecule has 0 heterocycles. The Morgan fingerprint density at radius 2 is 1.95 bits per heavy atom. The predicted molar refractivity (Wildman–Crippen MR) is 78.9 cm³/mol. The van der Waals surface area contributed by atoms with Gasteiger partial charge in [0, 0.05) is 0 Å². The largest absolute Gasteiger partial charge is 0.491 e. The highest BCUT2D eigenvalue weighted by Gasteiger charge is 2.18. The second-order valence-electron chi connectivity index (χ2n) is 4.45. The molecule has 20 heavy (non-hydrogen) atoms. The molecule has 0 aliphatic heterocycles. The second kappa shape index (κ2) is 6.91. The zero-order valence-electron chi connectivity index (χ0n) is 11.8. The second-order valence-corrected chi connectivity index (χ2v) is 4.45. The Kier molecular flexibility index (Phi) is 4.96. The third kappa shape index (κ3) is 3.48. The number of methoxy groups -OCH3 is 1. The summed E-state index contributed by atoms with van der Waals surface area (Å²) in [5, 5.41) is 5.32. The summed E-state index contributed by atoms with van der Waals surface area (Å²) >= 11 is 0. The van der Waals surface area contributed by atoms with Gasteiger partial charge >= 0.3 is 5.97 Å². The summed E-state index contributed by atoms with van der Waals surface area (Å²) in [6.45, 7) is 2.87. The van der Waals surface area contributed by atoms with Gasteiger partial charge in [0.1, 0.15) is 18.4 Å². The Morgan fingerprint density at radius 3 is 2.65 bits per heavy atom. The number of esters is 1. The molecule has 2 rings (SSSR count). The maximum Gasteiger partial charge on any atom is 0.326 e. The van der Waals surface area contributed by atoms with Crippen molar-refractivity contribution < 1.29 is 14.3 Å². The third-order valence-corrected chi connectivity index (χ3v) is 3.07. The molecular weight excluding hydrogens is 254 g/mol. The zero-order valence-corrected chi connectivity index (χ0v) is 11.8. The fourth-order valence-electron chi connectivity index (χ4n) is 2.04. The van der Waals surface area contributed by atoms with Crippen LogP contribution >= 0.6 is 0 Å². The van der Waals surface area contributed by atoms with Crippen LogP contribution in [0, 0.1) is 0 Å². The first-order chi connectivity index (χ1) is 9.74. The molecule has 1 atom stereocenters. The summed E-state index contributed by atoms with van der Waals surface area (Å²) in [6.07, 6.45) is 0. The lowest BCUT2D eigenvalue weighted by Gasteiger charge is -2.16. The summed E-state index contributed by atoms with van der Waals surface area (Å²) in [4.78, 5) is 11.6. The fourth-order valence-corrected chi connectivity index (χ4v) is 2.04. The number of hydrogen-bond acceptors (Lipinski definition) is 4. The van der Waals surface area contributed by atoms with Crippen LogP contribution in [0.1, 0.15) is 6.92 Å². The average Bonchev–Trinajstić information content (AvgIpc) is 2.50. The number of hydrogen-bond donors (Lipinski definition) is 1. The van der Waals surface area contributed by atoms with E-state index in [0.29, 0.717) is 6.54 Å². The Bertz CT molecular complexity index is 583. The van der Waals surface area contributed by atoms with Gasteiger partial charge in [0.2, 0.25) is 0 Å². The monoisotopic (exact) mass is 273 g/mol. The first-order valence-electron chi connectivity index (χ1n) is 6.67. The molecule has 0 aromatic heterocycles. The van der Waals surface area contributed by atoms with Crippen molar-refractivity contribution in [3.05, 3.63) is 42.5 Å². The van der Waals surface area contributed by atoms with E-state index in [2.05, 4.69) is 11.4 Å². The van der Waals surface area contributed by atoms with Crippen LogP contribution in [0.2, 0.25) is 0 Å². The molecule has 106 valence electrons. The van der Waals surface area contributed by atoms with Gasteiger partial charge in [0.15, 0.2) is 0 Å². The Balaban J connectivity index is 2.05. The van der Waals surface area contributed by atoms with Crippen molar-refractivity contribution in [3.63, 3.8) is 0 Å². The summed E-state index contributed by atoms with van der Waals surface area (Å²) in [6, 6.07) is 13.5. The lowest BCUT2D eigenvalue weighted by Crippen LogP contribution is -2.42. The van der Waals surface area contributed by atoms with Crippen molar-refractivity contribution in [1.29, 1.82) is 0 Å². The van der Waals surface area contributed by atoms with Crippen LogP contribution in [-0.4, -0.2) is 32.3 Å². The molecular formula is C16H19NO3. The van der Waals surface area contributed by atoms with Gasteiger partial charge in [-0.1, -0.05) is 37.3 Å². The van der Waals surface area contributed by atoms with Gasteiger partial charge in [-0.3, -0.25) is 4.79 Å². The maximum absolute atomic E-state index is 11.6. The number of benzene rings is 2. The quantitative estimate of drug-likeness (QED) is 0.821. The molecule has 1 unspecified atom stereocenters. The van der Waals surface area contributed by atoms with Crippen LogP contribution in [0.3, 0.4) is 0 Å². The van der Waals surface area contributed by atoms with Crippen LogP contribution in [0.25, 0.3) is 10.8 Å². The van der Waals surface area contributed by atoms with Gasteiger partial charge in [-0.15, -0.1) is 0 Å². The number of fused-ring (bicyclic) bond motifs is 1. The van der Waals surface area contributed by atoms with E-state index in [9.17, 15) is 4.79 Å². The van der Waals surface area contributed by atoms with Crippen LogP contribution in [0.15, 0.2) is 42.5 Å². The van der Waals surface area contributed by atoms with Gasteiger partial charge in [0.05, 0.1) is 7.11 Å². The summed E-state index contributed by atoms with van der Waals surface area (Å²) in [5.41, 5.74) is 0. The highest BCUT2D eigenvalue weighted by Crippen LogP contribution is 2.20. The van der Waals surface area contributed by atoms with Crippen molar-refractivity contribution >= 4 is 16.7 Å². The number of carbonyl (C=O) groups is 1. The van der Waals surface area contributed by atoms with Gasteiger partial charge < -0.3 is 14.8 Å².